The van der Waals surface area contributed by atoms with Crippen molar-refractivity contribution in [3.8, 4) is 18.2 Å². The zero-order valence-corrected chi connectivity index (χ0v) is 79.1. The summed E-state index contributed by atoms with van der Waals surface area (Å²) in [5, 5.41) is 52.5. The van der Waals surface area contributed by atoms with Crippen molar-refractivity contribution < 1.29 is 100 Å². The molecule has 8 heterocycles. The van der Waals surface area contributed by atoms with Gasteiger partial charge >= 0.3 is 5.97 Å². The molecular formula is C105H179Cl2N9O21. The van der Waals surface area contributed by atoms with Crippen LogP contribution in [-0.2, 0) is 85.4 Å². The molecule has 8 saturated heterocycles. The molecule has 8 aliphatic heterocycles. The molecule has 14 aliphatic carbocycles. The normalized spacial score (nSPS) is 36.9. The van der Waals surface area contributed by atoms with Crippen molar-refractivity contribution in [1.82, 2.24) is 25.3 Å². The second-order valence-electron chi connectivity index (χ2n) is 41.6. The lowest BCUT2D eigenvalue weighted by Gasteiger charge is -2.23. The maximum atomic E-state index is 12.2. The summed E-state index contributed by atoms with van der Waals surface area (Å²) >= 11 is 0. The van der Waals surface area contributed by atoms with Crippen molar-refractivity contribution in [3.05, 3.63) is 35.9 Å². The first-order valence-corrected chi connectivity index (χ1v) is 49.5. The van der Waals surface area contributed by atoms with Crippen molar-refractivity contribution >= 4 is 48.5 Å². The van der Waals surface area contributed by atoms with E-state index in [9.17, 15) is 29.4 Å². The standard InChI is InChI=1S/C17H20O4.2C16H25N3O2.2C11H18O3.2C10H16O3.C7H11N3O.7CH4.2ClH/c18-16(12-4-2-1-3-5-12)21-15-8-13-10-17(11-14(13)9-15)19-6-7-20-17;2*1-21-15-7-11-5-13(6-12(11)8-15)18-10-16(20)19-4-2-3-14(19)9-17;2*1-12-10-4-8-6-11(7-9(8)5-10)13-2-3-14-11;2*11-9-3-7-5-10(6-8(7)4-9)12-1-2-13-10;8-4-6-2-1-3-10(6)7(11)5-9;;;;;;;;;/h1-5,13-15H,6-11H2;2*11-15,18H,2-8,10H2,1H3;2*8-10H,2-7H2,1H3;2*7-9,11H,1-6H2;6H,1-3,5,9H2;7*1H4;2*1H/t13-,14+,15?;2*11-,12+,13?,14-,15?;2*8-,9+,10?;2*7-,8+,9?;6-;;;;;;;;;/m.00....0........./s1. The van der Waals surface area contributed by atoms with Crippen LogP contribution in [0.1, 0.15) is 281 Å². The highest BCUT2D eigenvalue weighted by Crippen LogP contribution is 2.58. The van der Waals surface area contributed by atoms with E-state index in [1.807, 2.05) is 46.6 Å². The van der Waals surface area contributed by atoms with Crippen LogP contribution in [0.4, 0.5) is 0 Å². The molecule has 30 nitrogen and oxygen atoms in total. The predicted molar refractivity (Wildman–Crippen MR) is 527 cm³/mol. The van der Waals surface area contributed by atoms with E-state index < -0.39 is 0 Å². The molecule has 784 valence electrons. The SMILES string of the molecule is C.C.C.C.C.C.C.COC1C[C@@H]2CC3(C[C@@H]2C1)OCCO3.COC1C[C@@H]2CC3(C[C@@H]2C1)OCCO3.COC1C[C@H]2CC(NCC(=O)N3CCC[C@H]3C#N)C[C@H]2C1.COC1C[C@H]2CC(NCC(=O)N3CCC[C@H]3C#N)C[C@H]2C1.Cl.Cl.N#C[C@@H]1CCCN1C(=O)CN.O=C(OC1C[C@@H]2CC3(C[C@@H]2C1)OCCO3)c1ccccc1.OC1C[C@@H]2CC3(C[C@@H]2C1)OCCO3.OC1C[C@@H]2CC3(C[C@@H]2C1)OCCO3. The van der Waals surface area contributed by atoms with Crippen LogP contribution < -0.4 is 16.4 Å². The molecule has 5 spiro atoms. The first-order chi connectivity index (χ1) is 62.1. The minimum absolute atomic E-state index is 0. The van der Waals surface area contributed by atoms with Crippen LogP contribution in [0.15, 0.2) is 30.3 Å². The zero-order valence-electron chi connectivity index (χ0n) is 77.5. The Morgan fingerprint density at radius 3 is 0.818 bits per heavy atom. The number of aliphatic hydroxyl groups excluding tert-OH is 2. The van der Waals surface area contributed by atoms with Gasteiger partial charge in [-0.25, -0.2) is 4.79 Å². The number of carbonyl (C=O) groups is 4. The first kappa shape index (κ1) is 119. The molecule has 1 aromatic rings. The fourth-order valence-corrected chi connectivity index (χ4v) is 27.9. The molecule has 22 aliphatic rings. The smallest absolute Gasteiger partial charge is 0.338 e. The number of amides is 3. The highest BCUT2D eigenvalue weighted by Gasteiger charge is 2.59. The van der Waals surface area contributed by atoms with E-state index in [4.69, 9.17) is 92.6 Å². The zero-order chi connectivity index (χ0) is 89.2. The first-order valence-electron chi connectivity index (χ1n) is 49.5. The topological polar surface area (TPSA) is 378 Å². The van der Waals surface area contributed by atoms with Crippen LogP contribution in [0.2, 0.25) is 0 Å². The number of nitrogens with one attached hydrogen (secondary N) is 2. The summed E-state index contributed by atoms with van der Waals surface area (Å²) < 4.78 is 84.7. The molecule has 3 amide bonds. The number of likely N-dealkylation sites (tertiary alicyclic amines) is 3. The molecular weight excluding hydrogens is 1790 g/mol. The van der Waals surface area contributed by atoms with E-state index in [-0.39, 0.29) is 172 Å². The van der Waals surface area contributed by atoms with Crippen LogP contribution >= 0.6 is 24.8 Å². The summed E-state index contributed by atoms with van der Waals surface area (Å²) in [6.45, 7) is 10.5. The minimum atomic E-state index is -0.316. The van der Waals surface area contributed by atoms with Crippen LogP contribution in [0.3, 0.4) is 0 Å². The Morgan fingerprint density at radius 1 is 0.358 bits per heavy atom. The lowest BCUT2D eigenvalue weighted by Crippen LogP contribution is -2.43. The number of halogens is 2. The molecule has 14 saturated carbocycles. The molecule has 6 N–H and O–H groups in total. The molecule has 137 heavy (non-hydrogen) atoms. The Kier molecular flexibility index (Phi) is 47.5. The molecule has 0 bridgehead atoms. The number of nitriles is 3. The monoisotopic (exact) mass is 1970 g/mol. The van der Waals surface area contributed by atoms with E-state index in [2.05, 4.69) is 28.8 Å². The number of benzene rings is 1. The van der Waals surface area contributed by atoms with E-state index in [0.717, 1.165) is 255 Å². The van der Waals surface area contributed by atoms with Crippen LogP contribution in [0.5, 0.6) is 0 Å². The Labute approximate surface area is 834 Å². The third-order valence-electron chi connectivity index (χ3n) is 33.8. The predicted octanol–water partition coefficient (Wildman–Crippen LogP) is 15.1. The van der Waals surface area contributed by atoms with Crippen molar-refractivity contribution in [1.29, 1.82) is 15.8 Å². The summed E-state index contributed by atoms with van der Waals surface area (Å²) in [7, 11) is 7.26. The lowest BCUT2D eigenvalue weighted by molar-refractivity contribution is -0.157. The third-order valence-corrected chi connectivity index (χ3v) is 33.8. The van der Waals surface area contributed by atoms with E-state index in [0.29, 0.717) is 110 Å². The summed E-state index contributed by atoms with van der Waals surface area (Å²) in [6.07, 6.45) is 37.3. The lowest BCUT2D eigenvalue weighted by atomic mass is 10.0. The minimum Gasteiger partial charge on any atom is -0.459 e. The Hall–Kier alpha value is -4.61. The summed E-state index contributed by atoms with van der Waals surface area (Å²) in [5.41, 5.74) is 5.80. The number of hydrogen-bond acceptors (Lipinski definition) is 27. The molecule has 0 aromatic heterocycles. The van der Waals surface area contributed by atoms with E-state index in [1.165, 1.54) is 77.0 Å². The number of fused-ring (bicyclic) bond motifs is 7. The van der Waals surface area contributed by atoms with Gasteiger partial charge < -0.3 is 112 Å². The van der Waals surface area contributed by atoms with Gasteiger partial charge in [-0.1, -0.05) is 70.2 Å². The van der Waals surface area contributed by atoms with Gasteiger partial charge in [-0.2, -0.15) is 15.8 Å². The van der Waals surface area contributed by atoms with E-state index >= 15 is 0 Å². The Morgan fingerprint density at radius 2 is 0.584 bits per heavy atom. The van der Waals surface area contributed by atoms with Crippen molar-refractivity contribution in [3.63, 3.8) is 0 Å². The van der Waals surface area contributed by atoms with Crippen molar-refractivity contribution in [2.75, 3.05) is 134 Å². The molecule has 32 heteroatoms. The van der Waals surface area contributed by atoms with Gasteiger partial charge in [-0.15, -0.1) is 24.8 Å². The Bertz CT molecular complexity index is 3630. The number of esters is 1. The van der Waals surface area contributed by atoms with Gasteiger partial charge in [-0.3, -0.25) is 14.4 Å². The molecule has 1 aromatic carbocycles. The average Bonchev–Trinajstić information content (AvgIpc) is 1.63. The third kappa shape index (κ3) is 29.2. The van der Waals surface area contributed by atoms with Crippen LogP contribution in [0.25, 0.3) is 0 Å². The molecule has 22 fully saturated rings. The van der Waals surface area contributed by atoms with Gasteiger partial charge in [0.1, 0.15) is 24.2 Å². The average molecular weight is 1970 g/mol. The van der Waals surface area contributed by atoms with Gasteiger partial charge in [0.15, 0.2) is 28.9 Å². The molecule has 26 atom stereocenters. The fraction of sp³-hybridized carbons (Fsp3) is 0.876. The number of rotatable bonds is 13. The van der Waals surface area contributed by atoms with Crippen molar-refractivity contribution in [2.24, 2.45) is 88.6 Å². The second-order valence-corrected chi connectivity index (χ2v) is 41.6. The largest absolute Gasteiger partial charge is 0.459 e. The van der Waals surface area contributed by atoms with Gasteiger partial charge in [0.05, 0.1) is 146 Å². The number of ether oxygens (including phenoxy) is 15. The van der Waals surface area contributed by atoms with Gasteiger partial charge in [0.25, 0.3) is 0 Å². The fourth-order valence-electron chi connectivity index (χ4n) is 27.9. The second kappa shape index (κ2) is 54.5. The molecule has 23 rings (SSSR count). The highest BCUT2D eigenvalue weighted by atomic mass is 35.5. The summed E-state index contributed by atoms with van der Waals surface area (Å²) in [5.74, 6) is 8.57. The number of carbonyl (C=O) groups excluding carboxylic acids is 4. The summed E-state index contributed by atoms with van der Waals surface area (Å²) in [4.78, 5) is 52.6. The van der Waals surface area contributed by atoms with Gasteiger partial charge in [0.2, 0.25) is 17.7 Å². The number of nitrogens with zero attached hydrogens (tertiary/aromatic N) is 6. The number of nitrogens with two attached hydrogens (primary N) is 1. The van der Waals surface area contributed by atoms with Crippen molar-refractivity contribution in [2.45, 2.75) is 372 Å². The maximum absolute atomic E-state index is 12.2. The highest BCUT2D eigenvalue weighted by molar-refractivity contribution is 5.89. The summed E-state index contributed by atoms with van der Waals surface area (Å²) in [6, 6.07) is 16.0. The molecule has 9 unspecified atom stereocenters. The molecule has 0 radical (unpaired) electrons. The number of methoxy groups -OCH3 is 4. The Balaban J connectivity index is 0.000000213. The quantitative estimate of drug-likeness (QED) is 0.115. The van der Waals surface area contributed by atoms with Crippen LogP contribution in [0, 0.1) is 117 Å². The van der Waals surface area contributed by atoms with Crippen LogP contribution in [-0.4, -0.2) is 284 Å². The number of hydrogen-bond donors (Lipinski definition) is 5. The maximum Gasteiger partial charge on any atom is 0.338 e. The van der Waals surface area contributed by atoms with Gasteiger partial charge in [-0.05, 0) is 249 Å². The number of aliphatic hydroxyl groups is 2. The van der Waals surface area contributed by atoms with E-state index in [1.54, 1.807) is 26.8 Å². The van der Waals surface area contributed by atoms with Gasteiger partial charge in [0, 0.05) is 124 Å².